The summed E-state index contributed by atoms with van der Waals surface area (Å²) in [6, 6.07) is 4.27. The molecule has 0 aliphatic rings. The zero-order chi connectivity index (χ0) is 11.4. The fourth-order valence-electron chi connectivity index (χ4n) is 1.12. The number of aliphatic carboxylic acids is 1. The van der Waals surface area contributed by atoms with E-state index in [4.69, 9.17) is 21.8 Å². The van der Waals surface area contributed by atoms with E-state index in [1.165, 1.54) is 18.2 Å². The Hall–Kier alpha value is -1.55. The second-order valence-electron chi connectivity index (χ2n) is 3.01. The molecule has 0 aliphatic carbocycles. The van der Waals surface area contributed by atoms with Crippen molar-refractivity contribution in [2.75, 3.05) is 0 Å². The smallest absolute Gasteiger partial charge is 0.335 e. The predicted octanol–water partition coefficient (Wildman–Crippen LogP) is 2.06. The van der Waals surface area contributed by atoms with E-state index in [-0.39, 0.29) is 17.0 Å². The summed E-state index contributed by atoms with van der Waals surface area (Å²) in [5.74, 6) is -1.96. The van der Waals surface area contributed by atoms with Gasteiger partial charge in [0, 0.05) is 11.4 Å². The number of aromatic carboxylic acids is 1. The van der Waals surface area contributed by atoms with Gasteiger partial charge in [0.25, 0.3) is 0 Å². The first-order chi connectivity index (χ1) is 7.00. The quantitative estimate of drug-likeness (QED) is 0.827. The molecule has 0 atom stereocenters. The van der Waals surface area contributed by atoms with Crippen LogP contribution in [0.25, 0.3) is 0 Å². The van der Waals surface area contributed by atoms with Crippen LogP contribution < -0.4 is 0 Å². The summed E-state index contributed by atoms with van der Waals surface area (Å²) in [6.45, 7) is 0. The van der Waals surface area contributed by atoms with Gasteiger partial charge in [0.15, 0.2) is 0 Å². The van der Waals surface area contributed by atoms with E-state index in [1.54, 1.807) is 0 Å². The molecule has 0 unspecified atom stereocenters. The van der Waals surface area contributed by atoms with Gasteiger partial charge in [0.1, 0.15) is 0 Å². The van der Waals surface area contributed by atoms with Crippen LogP contribution in [0.15, 0.2) is 18.2 Å². The molecule has 1 rings (SSSR count). The van der Waals surface area contributed by atoms with Crippen LogP contribution in [-0.4, -0.2) is 22.2 Å². The lowest BCUT2D eigenvalue weighted by atomic mass is 10.1. The molecule has 1 aromatic carbocycles. The summed E-state index contributed by atoms with van der Waals surface area (Å²) >= 11 is 5.80. The summed E-state index contributed by atoms with van der Waals surface area (Å²) in [5, 5.41) is 17.4. The highest BCUT2D eigenvalue weighted by molar-refractivity contribution is 6.31. The molecule has 2 N–H and O–H groups in total. The Balaban J connectivity index is 2.83. The van der Waals surface area contributed by atoms with Crippen molar-refractivity contribution >= 4 is 23.5 Å². The summed E-state index contributed by atoms with van der Waals surface area (Å²) in [4.78, 5) is 20.9. The number of benzene rings is 1. The van der Waals surface area contributed by atoms with Gasteiger partial charge >= 0.3 is 11.9 Å². The number of carboxylic acids is 2. The maximum atomic E-state index is 10.6. The highest BCUT2D eigenvalue weighted by Crippen LogP contribution is 2.19. The van der Waals surface area contributed by atoms with Gasteiger partial charge in [-0.25, -0.2) is 4.79 Å². The molecule has 0 saturated carbocycles. The lowest BCUT2D eigenvalue weighted by Crippen LogP contribution is -2.00. The average molecular weight is 229 g/mol. The lowest BCUT2D eigenvalue weighted by molar-refractivity contribution is -0.136. The second-order valence-corrected chi connectivity index (χ2v) is 3.41. The van der Waals surface area contributed by atoms with Gasteiger partial charge in [-0.05, 0) is 24.1 Å². The number of hydrogen-bond acceptors (Lipinski definition) is 2. The minimum atomic E-state index is -1.05. The van der Waals surface area contributed by atoms with Gasteiger partial charge < -0.3 is 10.2 Å². The minimum absolute atomic E-state index is 0.0217. The number of rotatable bonds is 4. The number of aryl methyl sites for hydroxylation is 1. The second kappa shape index (κ2) is 4.79. The van der Waals surface area contributed by atoms with Crippen molar-refractivity contribution in [3.8, 4) is 0 Å². The van der Waals surface area contributed by atoms with Crippen molar-refractivity contribution in [1.82, 2.24) is 0 Å². The minimum Gasteiger partial charge on any atom is -0.481 e. The third-order valence-corrected chi connectivity index (χ3v) is 2.26. The van der Waals surface area contributed by atoms with Gasteiger partial charge in [0.05, 0.1) is 5.56 Å². The first kappa shape index (κ1) is 11.5. The molecule has 0 fully saturated rings. The van der Waals surface area contributed by atoms with Crippen molar-refractivity contribution < 1.29 is 19.8 Å². The molecular weight excluding hydrogens is 220 g/mol. The normalized spacial score (nSPS) is 9.93. The monoisotopic (exact) mass is 228 g/mol. The fraction of sp³-hybridized carbons (Fsp3) is 0.200. The zero-order valence-electron chi connectivity index (χ0n) is 7.74. The van der Waals surface area contributed by atoms with Crippen LogP contribution in [0.3, 0.4) is 0 Å². The molecule has 0 aliphatic heterocycles. The van der Waals surface area contributed by atoms with Crippen LogP contribution in [0.2, 0.25) is 5.02 Å². The largest absolute Gasteiger partial charge is 0.481 e. The molecule has 0 bridgehead atoms. The summed E-state index contributed by atoms with van der Waals surface area (Å²) < 4.78 is 0. The van der Waals surface area contributed by atoms with E-state index in [9.17, 15) is 9.59 Å². The Bertz CT molecular complexity index is 400. The Morgan fingerprint density at radius 1 is 1.27 bits per heavy atom. The molecule has 80 valence electrons. The molecule has 0 heterocycles. The van der Waals surface area contributed by atoms with E-state index >= 15 is 0 Å². The van der Waals surface area contributed by atoms with Crippen LogP contribution >= 0.6 is 11.6 Å². The molecular formula is C10H9ClO4. The average Bonchev–Trinajstić information content (AvgIpc) is 2.15. The van der Waals surface area contributed by atoms with Crippen molar-refractivity contribution in [3.63, 3.8) is 0 Å². The SMILES string of the molecule is O=C(O)CCc1ccc(C(=O)O)cc1Cl. The zero-order valence-corrected chi connectivity index (χ0v) is 8.49. The molecule has 0 aromatic heterocycles. The first-order valence-corrected chi connectivity index (χ1v) is 4.62. The van der Waals surface area contributed by atoms with Gasteiger partial charge in [-0.1, -0.05) is 17.7 Å². The van der Waals surface area contributed by atoms with Crippen LogP contribution in [0.1, 0.15) is 22.3 Å². The number of carboxylic acid groups (broad SMARTS) is 2. The number of carbonyl (C=O) groups is 2. The lowest BCUT2D eigenvalue weighted by Gasteiger charge is -2.03. The van der Waals surface area contributed by atoms with Crippen LogP contribution in [0.4, 0.5) is 0 Å². The molecule has 0 saturated heterocycles. The van der Waals surface area contributed by atoms with Crippen LogP contribution in [0.5, 0.6) is 0 Å². The van der Waals surface area contributed by atoms with E-state index in [1.807, 2.05) is 0 Å². The number of hydrogen-bond donors (Lipinski definition) is 2. The number of halogens is 1. The maximum absolute atomic E-state index is 10.6. The molecule has 15 heavy (non-hydrogen) atoms. The van der Waals surface area contributed by atoms with Gasteiger partial charge in [0.2, 0.25) is 0 Å². The van der Waals surface area contributed by atoms with E-state index in [0.29, 0.717) is 12.0 Å². The van der Waals surface area contributed by atoms with Gasteiger partial charge in [-0.3, -0.25) is 4.79 Å². The van der Waals surface area contributed by atoms with Gasteiger partial charge in [-0.15, -0.1) is 0 Å². The van der Waals surface area contributed by atoms with Gasteiger partial charge in [-0.2, -0.15) is 0 Å². The maximum Gasteiger partial charge on any atom is 0.335 e. The van der Waals surface area contributed by atoms with Crippen LogP contribution in [-0.2, 0) is 11.2 Å². The summed E-state index contributed by atoms with van der Waals surface area (Å²) in [5.41, 5.74) is 0.739. The van der Waals surface area contributed by atoms with E-state index < -0.39 is 11.9 Å². The van der Waals surface area contributed by atoms with Crippen molar-refractivity contribution in [3.05, 3.63) is 34.3 Å². The highest BCUT2D eigenvalue weighted by Gasteiger charge is 2.08. The standard InChI is InChI=1S/C10H9ClO4/c11-8-5-7(10(14)15)2-1-6(8)3-4-9(12)13/h1-2,5H,3-4H2,(H,12,13)(H,14,15). The van der Waals surface area contributed by atoms with E-state index in [0.717, 1.165) is 0 Å². The van der Waals surface area contributed by atoms with Crippen molar-refractivity contribution in [2.45, 2.75) is 12.8 Å². The summed E-state index contributed by atoms with van der Waals surface area (Å²) in [6.07, 6.45) is 0.278. The Labute approximate surface area is 91.1 Å². The highest BCUT2D eigenvalue weighted by atomic mass is 35.5. The third-order valence-electron chi connectivity index (χ3n) is 1.91. The molecule has 4 nitrogen and oxygen atoms in total. The fourth-order valence-corrected chi connectivity index (χ4v) is 1.40. The molecule has 0 radical (unpaired) electrons. The van der Waals surface area contributed by atoms with Crippen molar-refractivity contribution in [2.24, 2.45) is 0 Å². The molecule has 0 amide bonds. The Morgan fingerprint density at radius 3 is 2.40 bits per heavy atom. The van der Waals surface area contributed by atoms with Crippen LogP contribution in [0, 0.1) is 0 Å². The molecule has 0 spiro atoms. The van der Waals surface area contributed by atoms with Crippen molar-refractivity contribution in [1.29, 1.82) is 0 Å². The topological polar surface area (TPSA) is 74.6 Å². The first-order valence-electron chi connectivity index (χ1n) is 4.24. The molecule has 1 aromatic rings. The Morgan fingerprint density at radius 2 is 1.93 bits per heavy atom. The predicted molar refractivity (Wildman–Crippen MR) is 54.4 cm³/mol. The third kappa shape index (κ3) is 3.25. The van der Waals surface area contributed by atoms with E-state index in [2.05, 4.69) is 0 Å². The summed E-state index contributed by atoms with van der Waals surface area (Å²) in [7, 11) is 0. The molecule has 5 heteroatoms. The Kier molecular flexibility index (Phi) is 3.68.